The van der Waals surface area contributed by atoms with Crippen LogP contribution in [-0.4, -0.2) is 34.2 Å². The lowest BCUT2D eigenvalue weighted by Gasteiger charge is -2.28. The molecule has 2 aromatic carbocycles. The summed E-state index contributed by atoms with van der Waals surface area (Å²) in [6, 6.07) is 16.0. The van der Waals surface area contributed by atoms with Crippen molar-refractivity contribution < 1.29 is 5.11 Å². The second-order valence-corrected chi connectivity index (χ2v) is 7.85. The highest BCUT2D eigenvalue weighted by Crippen LogP contribution is 2.35. The van der Waals surface area contributed by atoms with Crippen molar-refractivity contribution >= 4 is 17.0 Å². The Morgan fingerprint density at radius 1 is 1.14 bits per heavy atom. The number of aliphatic hydroxyl groups is 1. The van der Waals surface area contributed by atoms with Crippen LogP contribution in [0.15, 0.2) is 49.0 Å². The van der Waals surface area contributed by atoms with Crippen molar-refractivity contribution in [2.75, 3.05) is 19.6 Å². The van der Waals surface area contributed by atoms with Crippen LogP contribution < -0.4 is 0 Å². The molecule has 0 aliphatic carbocycles. The molecule has 0 bridgehead atoms. The highest BCUT2D eigenvalue weighted by Gasteiger charge is 2.23. The van der Waals surface area contributed by atoms with E-state index in [-0.39, 0.29) is 0 Å². The van der Waals surface area contributed by atoms with E-state index in [1.807, 2.05) is 30.3 Å². The topological polar surface area (TPSA) is 52.2 Å². The monoisotopic (exact) mass is 385 g/mol. The number of aromatic nitrogens is 1. The van der Waals surface area contributed by atoms with Gasteiger partial charge in [0.25, 0.3) is 0 Å². The van der Waals surface area contributed by atoms with E-state index in [1.54, 1.807) is 0 Å². The van der Waals surface area contributed by atoms with Gasteiger partial charge in [0, 0.05) is 28.9 Å². The summed E-state index contributed by atoms with van der Waals surface area (Å²) in [5.41, 5.74) is 5.75. The Kier molecular flexibility index (Phi) is 5.53. The van der Waals surface area contributed by atoms with Crippen LogP contribution in [0, 0.1) is 18.3 Å². The molecule has 2 heterocycles. The molecule has 148 valence electrons. The maximum absolute atomic E-state index is 11.2. The van der Waals surface area contributed by atoms with Crippen LogP contribution in [0.25, 0.3) is 22.7 Å². The third kappa shape index (κ3) is 3.72. The van der Waals surface area contributed by atoms with E-state index in [0.29, 0.717) is 12.1 Å². The molecule has 4 nitrogen and oxygen atoms in total. The van der Waals surface area contributed by atoms with Crippen LogP contribution >= 0.6 is 0 Å². The molecule has 1 aliphatic rings. The zero-order valence-electron chi connectivity index (χ0n) is 16.9. The number of β-amino-alcohol motifs (C(OH)–C–C–N with tert-alkyl or cyclic N) is 1. The lowest BCUT2D eigenvalue weighted by molar-refractivity contribution is 0.102. The van der Waals surface area contributed by atoms with Crippen LogP contribution in [0.2, 0.25) is 0 Å². The van der Waals surface area contributed by atoms with Gasteiger partial charge in [-0.05, 0) is 68.8 Å². The van der Waals surface area contributed by atoms with Crippen LogP contribution in [0.3, 0.4) is 0 Å². The number of hydrogen-bond acceptors (Lipinski definition) is 3. The second-order valence-electron chi connectivity index (χ2n) is 7.85. The third-order valence-corrected chi connectivity index (χ3v) is 5.98. The van der Waals surface area contributed by atoms with Gasteiger partial charge < -0.3 is 14.6 Å². The molecule has 1 aliphatic heterocycles. The molecule has 1 N–H and O–H groups in total. The lowest BCUT2D eigenvalue weighted by atomic mass is 10.0. The molecule has 0 radical (unpaired) electrons. The van der Waals surface area contributed by atoms with Crippen molar-refractivity contribution in [3.05, 3.63) is 71.4 Å². The van der Waals surface area contributed by atoms with Crippen molar-refractivity contribution in [1.82, 2.24) is 9.47 Å². The van der Waals surface area contributed by atoms with Gasteiger partial charge >= 0.3 is 0 Å². The van der Waals surface area contributed by atoms with E-state index in [2.05, 4.69) is 47.2 Å². The third-order valence-electron chi connectivity index (χ3n) is 5.98. The Hall–Kier alpha value is -2.87. The molecular weight excluding hydrogens is 358 g/mol. The highest BCUT2D eigenvalue weighted by molar-refractivity contribution is 5.89. The number of likely N-dealkylation sites (tertiary alicyclic amines) is 1. The van der Waals surface area contributed by atoms with Crippen LogP contribution in [0.1, 0.15) is 47.8 Å². The van der Waals surface area contributed by atoms with Crippen molar-refractivity contribution in [1.29, 1.82) is 5.26 Å². The smallest absolute Gasteiger partial charge is 0.0991 e. The Labute approximate surface area is 172 Å². The largest absolute Gasteiger partial charge is 0.387 e. The second kappa shape index (κ2) is 8.24. The number of piperidine rings is 1. The SMILES string of the molecule is C=Cc1ccc2c(C(O)CN3CCCCC3)c(C)n(-c3ccc(C#N)cc3)c2c1. The molecule has 1 saturated heterocycles. The Morgan fingerprint density at radius 3 is 2.52 bits per heavy atom. The quantitative estimate of drug-likeness (QED) is 0.674. The predicted molar refractivity (Wildman–Crippen MR) is 118 cm³/mol. The fourth-order valence-electron chi connectivity index (χ4n) is 4.50. The molecule has 1 unspecified atom stereocenters. The minimum absolute atomic E-state index is 0.537. The maximum Gasteiger partial charge on any atom is 0.0991 e. The fraction of sp³-hybridized carbons (Fsp3) is 0.320. The summed E-state index contributed by atoms with van der Waals surface area (Å²) in [4.78, 5) is 2.37. The number of hydrogen-bond donors (Lipinski definition) is 1. The number of aliphatic hydroxyl groups excluding tert-OH is 1. The Morgan fingerprint density at radius 2 is 1.86 bits per heavy atom. The number of nitrogens with zero attached hydrogens (tertiary/aromatic N) is 3. The van der Waals surface area contributed by atoms with E-state index >= 15 is 0 Å². The van der Waals surface area contributed by atoms with Gasteiger partial charge in [0.2, 0.25) is 0 Å². The first-order valence-electron chi connectivity index (χ1n) is 10.3. The zero-order valence-corrected chi connectivity index (χ0v) is 16.9. The lowest BCUT2D eigenvalue weighted by Crippen LogP contribution is -2.33. The predicted octanol–water partition coefficient (Wildman–Crippen LogP) is 4.97. The van der Waals surface area contributed by atoms with Crippen LogP contribution in [-0.2, 0) is 0 Å². The maximum atomic E-state index is 11.2. The molecule has 1 atom stereocenters. The van der Waals surface area contributed by atoms with E-state index < -0.39 is 6.10 Å². The minimum Gasteiger partial charge on any atom is -0.387 e. The van der Waals surface area contributed by atoms with Crippen molar-refractivity contribution in [3.8, 4) is 11.8 Å². The molecule has 1 aromatic heterocycles. The average molecular weight is 386 g/mol. The molecule has 0 spiro atoms. The van der Waals surface area contributed by atoms with Crippen molar-refractivity contribution in [2.45, 2.75) is 32.3 Å². The van der Waals surface area contributed by atoms with Gasteiger partial charge in [0.1, 0.15) is 0 Å². The molecule has 4 heteroatoms. The van der Waals surface area contributed by atoms with E-state index in [9.17, 15) is 5.11 Å². The number of nitriles is 1. The van der Waals surface area contributed by atoms with Gasteiger partial charge in [-0.25, -0.2) is 0 Å². The zero-order chi connectivity index (χ0) is 20.4. The summed E-state index contributed by atoms with van der Waals surface area (Å²) in [5, 5.41) is 21.4. The molecule has 1 fully saturated rings. The van der Waals surface area contributed by atoms with Crippen molar-refractivity contribution in [3.63, 3.8) is 0 Å². The first-order chi connectivity index (χ1) is 14.1. The number of rotatable bonds is 5. The summed E-state index contributed by atoms with van der Waals surface area (Å²) in [6.45, 7) is 8.76. The van der Waals surface area contributed by atoms with Crippen molar-refractivity contribution in [2.24, 2.45) is 0 Å². The standard InChI is InChI=1S/C25H27N3O/c1-3-19-9-12-22-23(15-19)28(21-10-7-20(16-26)8-11-21)18(2)25(22)24(29)17-27-13-5-4-6-14-27/h3,7-12,15,24,29H,1,4-6,13-14,17H2,2H3. The van der Waals surface area contributed by atoms with Crippen LogP contribution in [0.4, 0.5) is 0 Å². The molecule has 0 amide bonds. The summed E-state index contributed by atoms with van der Waals surface area (Å²) >= 11 is 0. The Balaban J connectivity index is 1.82. The molecular formula is C25H27N3O. The fourth-order valence-corrected chi connectivity index (χ4v) is 4.50. The normalized spacial score (nSPS) is 15.9. The van der Waals surface area contributed by atoms with Gasteiger partial charge in [-0.3, -0.25) is 0 Å². The van der Waals surface area contributed by atoms with Crippen LogP contribution in [0.5, 0.6) is 0 Å². The van der Waals surface area contributed by atoms with Gasteiger partial charge in [0.05, 0.1) is 23.3 Å². The Bertz CT molecular complexity index is 1070. The molecule has 4 rings (SSSR count). The molecule has 3 aromatic rings. The summed E-state index contributed by atoms with van der Waals surface area (Å²) in [6.07, 6.45) is 5.01. The molecule has 29 heavy (non-hydrogen) atoms. The summed E-state index contributed by atoms with van der Waals surface area (Å²) in [5.74, 6) is 0. The molecule has 0 saturated carbocycles. The van der Waals surface area contributed by atoms with E-state index in [4.69, 9.17) is 5.26 Å². The summed E-state index contributed by atoms with van der Waals surface area (Å²) in [7, 11) is 0. The van der Waals surface area contributed by atoms with Gasteiger partial charge in [0.15, 0.2) is 0 Å². The number of benzene rings is 2. The van der Waals surface area contributed by atoms with Gasteiger partial charge in [-0.2, -0.15) is 5.26 Å². The summed E-state index contributed by atoms with van der Waals surface area (Å²) < 4.78 is 2.18. The van der Waals surface area contributed by atoms with E-state index in [1.165, 1.54) is 19.3 Å². The first-order valence-corrected chi connectivity index (χ1v) is 10.3. The van der Waals surface area contributed by atoms with Gasteiger partial charge in [-0.15, -0.1) is 0 Å². The van der Waals surface area contributed by atoms with E-state index in [0.717, 1.165) is 46.5 Å². The highest BCUT2D eigenvalue weighted by atomic mass is 16.3. The minimum atomic E-state index is -0.537. The first kappa shape index (κ1) is 19.4. The number of fused-ring (bicyclic) bond motifs is 1. The van der Waals surface area contributed by atoms with Gasteiger partial charge in [-0.1, -0.05) is 31.2 Å². The average Bonchev–Trinajstić information content (AvgIpc) is 3.05.